The van der Waals surface area contributed by atoms with E-state index < -0.39 is 17.3 Å². The van der Waals surface area contributed by atoms with Crippen molar-refractivity contribution >= 4 is 30.1 Å². The van der Waals surface area contributed by atoms with Crippen LogP contribution >= 0.6 is 0 Å². The fourth-order valence-electron chi connectivity index (χ4n) is 2.82. The lowest BCUT2D eigenvalue weighted by Gasteiger charge is -2.20. The monoisotopic (exact) mass is 379 g/mol. The van der Waals surface area contributed by atoms with Crippen molar-refractivity contribution in [2.75, 3.05) is 0 Å². The molecule has 0 bridgehead atoms. The van der Waals surface area contributed by atoms with Gasteiger partial charge >= 0.3 is 5.97 Å². The summed E-state index contributed by atoms with van der Waals surface area (Å²) < 4.78 is 20.8. The van der Waals surface area contributed by atoms with Crippen molar-refractivity contribution in [1.29, 1.82) is 0 Å². The van der Waals surface area contributed by atoms with Gasteiger partial charge < -0.3 is 4.74 Å². The number of carbonyl (C=O) groups excluding carboxylic acids is 1. The van der Waals surface area contributed by atoms with Gasteiger partial charge in [0.05, 0.1) is 11.6 Å². The Morgan fingerprint density at radius 3 is 2.68 bits per heavy atom. The van der Waals surface area contributed by atoms with Crippen molar-refractivity contribution < 1.29 is 13.9 Å². The van der Waals surface area contributed by atoms with Gasteiger partial charge in [0, 0.05) is 24.1 Å². The first-order valence-corrected chi connectivity index (χ1v) is 8.68. The molecule has 6 nitrogen and oxygen atoms in total. The number of hydrogen-bond donors (Lipinski definition) is 0. The normalized spacial score (nSPS) is 11.6. The van der Waals surface area contributed by atoms with E-state index in [9.17, 15) is 14.0 Å². The van der Waals surface area contributed by atoms with Gasteiger partial charge in [0.1, 0.15) is 20.3 Å². The third-order valence-corrected chi connectivity index (χ3v) is 4.39. The SMILES string of the molecule is [B]c1ccnc(-n2ncc3cc(C(C)(C)C)cc(F)c3c2=O)c1COC(C)=O. The first-order chi connectivity index (χ1) is 13.1. The van der Waals surface area contributed by atoms with Crippen molar-refractivity contribution in [3.63, 3.8) is 0 Å². The summed E-state index contributed by atoms with van der Waals surface area (Å²) in [4.78, 5) is 28.3. The summed E-state index contributed by atoms with van der Waals surface area (Å²) in [5, 5.41) is 4.46. The van der Waals surface area contributed by atoms with Crippen molar-refractivity contribution in [3.8, 4) is 5.82 Å². The van der Waals surface area contributed by atoms with Gasteiger partial charge in [0.25, 0.3) is 5.56 Å². The highest BCUT2D eigenvalue weighted by Crippen LogP contribution is 2.26. The molecule has 0 fully saturated rings. The summed E-state index contributed by atoms with van der Waals surface area (Å²) in [5.74, 6) is -1.05. The molecular weight excluding hydrogens is 360 g/mol. The Hall–Kier alpha value is -3.03. The molecule has 0 amide bonds. The van der Waals surface area contributed by atoms with Crippen LogP contribution in [0.2, 0.25) is 0 Å². The zero-order valence-electron chi connectivity index (χ0n) is 16.1. The van der Waals surface area contributed by atoms with Crippen molar-refractivity contribution in [2.24, 2.45) is 0 Å². The third kappa shape index (κ3) is 3.67. The second-order valence-corrected chi connectivity index (χ2v) is 7.52. The highest BCUT2D eigenvalue weighted by molar-refractivity contribution is 6.33. The van der Waals surface area contributed by atoms with Crippen LogP contribution in [0.1, 0.15) is 38.8 Å². The summed E-state index contributed by atoms with van der Waals surface area (Å²) in [6, 6.07) is 4.63. The summed E-state index contributed by atoms with van der Waals surface area (Å²) in [6.07, 6.45) is 2.81. The van der Waals surface area contributed by atoms with Crippen LogP contribution in [0.5, 0.6) is 0 Å². The van der Waals surface area contributed by atoms with Crippen LogP contribution in [0.4, 0.5) is 4.39 Å². The van der Waals surface area contributed by atoms with Crippen molar-refractivity contribution in [2.45, 2.75) is 39.7 Å². The molecule has 0 unspecified atom stereocenters. The van der Waals surface area contributed by atoms with Crippen LogP contribution in [-0.2, 0) is 21.6 Å². The Labute approximate surface area is 162 Å². The van der Waals surface area contributed by atoms with E-state index in [4.69, 9.17) is 12.6 Å². The number of halogens is 1. The first kappa shape index (κ1) is 19.7. The number of esters is 1. The van der Waals surface area contributed by atoms with Crippen molar-refractivity contribution in [1.82, 2.24) is 14.8 Å². The predicted octanol–water partition coefficient (Wildman–Crippen LogP) is 2.07. The number of benzene rings is 1. The molecule has 142 valence electrons. The van der Waals surface area contributed by atoms with Crippen LogP contribution in [-0.4, -0.2) is 28.6 Å². The number of rotatable bonds is 3. The number of pyridine rings is 1. The van der Waals surface area contributed by atoms with Crippen LogP contribution in [0.3, 0.4) is 0 Å². The Morgan fingerprint density at radius 1 is 1.32 bits per heavy atom. The number of fused-ring (bicyclic) bond motifs is 1. The molecule has 0 saturated heterocycles. The highest BCUT2D eigenvalue weighted by Gasteiger charge is 2.20. The summed E-state index contributed by atoms with van der Waals surface area (Å²) >= 11 is 0. The lowest BCUT2D eigenvalue weighted by atomic mass is 9.86. The van der Waals surface area contributed by atoms with E-state index in [2.05, 4.69) is 10.1 Å². The number of aromatic nitrogens is 3. The average molecular weight is 379 g/mol. The van der Waals surface area contributed by atoms with Gasteiger partial charge in [-0.3, -0.25) is 9.59 Å². The van der Waals surface area contributed by atoms with E-state index in [1.807, 2.05) is 20.8 Å². The molecule has 0 aliphatic carbocycles. The molecule has 3 aromatic rings. The molecule has 0 N–H and O–H groups in total. The molecule has 8 heteroatoms. The second-order valence-electron chi connectivity index (χ2n) is 7.52. The van der Waals surface area contributed by atoms with Gasteiger partial charge in [-0.25, -0.2) is 9.37 Å². The van der Waals surface area contributed by atoms with Gasteiger partial charge in [-0.2, -0.15) is 9.78 Å². The lowest BCUT2D eigenvalue weighted by Crippen LogP contribution is -2.27. The van der Waals surface area contributed by atoms with Gasteiger partial charge in [-0.1, -0.05) is 32.3 Å². The van der Waals surface area contributed by atoms with Gasteiger partial charge in [-0.15, -0.1) is 0 Å². The Kier molecular flexibility index (Phi) is 5.06. The quantitative estimate of drug-likeness (QED) is 0.515. The first-order valence-electron chi connectivity index (χ1n) is 8.68. The Morgan fingerprint density at radius 2 is 2.04 bits per heavy atom. The fraction of sp³-hybridized carbons (Fsp3) is 0.300. The summed E-state index contributed by atoms with van der Waals surface area (Å²) in [7, 11) is 5.96. The maximum Gasteiger partial charge on any atom is 0.302 e. The second kappa shape index (κ2) is 7.18. The standard InChI is InChI=1S/C20H19BFN3O3/c1-11(26)28-10-14-15(21)5-6-23-18(14)25-19(27)17-12(9-24-25)7-13(8-16(17)22)20(2,3)4/h5-9H,10H2,1-4H3. The minimum absolute atomic E-state index is 0.0902. The van der Waals surface area contributed by atoms with E-state index >= 15 is 0 Å². The molecule has 2 radical (unpaired) electrons. The minimum Gasteiger partial charge on any atom is -0.461 e. The van der Waals surface area contributed by atoms with E-state index in [0.717, 1.165) is 10.2 Å². The fourth-order valence-corrected chi connectivity index (χ4v) is 2.82. The van der Waals surface area contributed by atoms with Gasteiger partial charge in [-0.05, 0) is 23.1 Å². The number of hydrogen-bond acceptors (Lipinski definition) is 5. The van der Waals surface area contributed by atoms with E-state index in [-0.39, 0.29) is 28.7 Å². The summed E-state index contributed by atoms with van der Waals surface area (Å²) in [5.41, 5.74) is 0.407. The largest absolute Gasteiger partial charge is 0.461 e. The zero-order chi connectivity index (χ0) is 20.6. The molecule has 0 atom stereocenters. The molecule has 1 aromatic carbocycles. The number of nitrogens with zero attached hydrogens (tertiary/aromatic N) is 3. The van der Waals surface area contributed by atoms with Crippen LogP contribution < -0.4 is 11.0 Å². The topological polar surface area (TPSA) is 74.1 Å². The molecule has 2 heterocycles. The zero-order valence-corrected chi connectivity index (χ0v) is 16.1. The van der Waals surface area contributed by atoms with Crippen LogP contribution in [0.25, 0.3) is 16.6 Å². The Bertz CT molecular complexity index is 1140. The number of ether oxygens (including phenoxy) is 1. The Balaban J connectivity index is 2.23. The van der Waals surface area contributed by atoms with Crippen molar-refractivity contribution in [3.05, 3.63) is 57.9 Å². The molecule has 0 aliphatic heterocycles. The molecular formula is C20H19BFN3O3. The van der Waals surface area contributed by atoms with Gasteiger partial charge in [0.15, 0.2) is 5.82 Å². The molecule has 3 rings (SSSR count). The maximum atomic E-state index is 14.8. The van der Waals surface area contributed by atoms with Crippen LogP contribution in [0.15, 0.2) is 35.4 Å². The highest BCUT2D eigenvalue weighted by atomic mass is 19.1. The molecule has 0 saturated carbocycles. The smallest absolute Gasteiger partial charge is 0.302 e. The molecule has 0 spiro atoms. The maximum absolute atomic E-state index is 14.8. The number of carbonyl (C=O) groups is 1. The van der Waals surface area contributed by atoms with Crippen LogP contribution in [0, 0.1) is 5.82 Å². The lowest BCUT2D eigenvalue weighted by molar-refractivity contribution is -0.142. The minimum atomic E-state index is -0.669. The third-order valence-electron chi connectivity index (χ3n) is 4.39. The molecule has 28 heavy (non-hydrogen) atoms. The summed E-state index contributed by atoms with van der Waals surface area (Å²) in [6.45, 7) is 6.96. The molecule has 2 aromatic heterocycles. The van der Waals surface area contributed by atoms with E-state index in [0.29, 0.717) is 10.9 Å². The van der Waals surface area contributed by atoms with E-state index in [1.54, 1.807) is 6.07 Å². The average Bonchev–Trinajstić information content (AvgIpc) is 2.59. The molecule has 0 aliphatic rings. The van der Waals surface area contributed by atoms with Gasteiger partial charge in [0.2, 0.25) is 0 Å². The predicted molar refractivity (Wildman–Crippen MR) is 105 cm³/mol. The van der Waals surface area contributed by atoms with E-state index in [1.165, 1.54) is 31.5 Å².